The molecule has 0 aliphatic carbocycles. The van der Waals surface area contributed by atoms with Gasteiger partial charge in [0.25, 0.3) is 0 Å². The number of rotatable bonds is 8. The maximum atomic E-state index is 13.3. The number of carbonyl (C=O) groups is 1. The van der Waals surface area contributed by atoms with Gasteiger partial charge < -0.3 is 25.6 Å². The smallest absolute Gasteiger partial charge is 0.416 e. The highest BCUT2D eigenvalue weighted by molar-refractivity contribution is 5.62. The molecule has 0 saturated heterocycles. The quantitative estimate of drug-likeness (QED) is 0.574. The summed E-state index contributed by atoms with van der Waals surface area (Å²) < 4.78 is 64.8. The number of halogens is 5. The lowest BCUT2D eigenvalue weighted by Crippen LogP contribution is -2.52. The van der Waals surface area contributed by atoms with Crippen LogP contribution in [0.2, 0.25) is 0 Å². The second-order valence-corrected chi connectivity index (χ2v) is 6.42. The van der Waals surface area contributed by atoms with Crippen molar-refractivity contribution < 1.29 is 37.0 Å². The SMILES string of the molecule is O=C([O-])N[C@@H](Cc1cc(F)cc(F)c1)[C@H](O)CNCc1cccc(C(F)(F)F)c1. The molecule has 5 nitrogen and oxygen atoms in total. The van der Waals surface area contributed by atoms with Crippen LogP contribution in [0.15, 0.2) is 42.5 Å². The Bertz CT molecular complexity index is 825. The van der Waals surface area contributed by atoms with Gasteiger partial charge in [-0.25, -0.2) is 8.78 Å². The number of nitrogens with one attached hydrogen (secondary N) is 2. The van der Waals surface area contributed by atoms with Crippen molar-refractivity contribution in [1.82, 2.24) is 10.6 Å². The van der Waals surface area contributed by atoms with Gasteiger partial charge in [0.05, 0.1) is 17.7 Å². The summed E-state index contributed by atoms with van der Waals surface area (Å²) >= 11 is 0. The van der Waals surface area contributed by atoms with Crippen LogP contribution in [0, 0.1) is 11.6 Å². The van der Waals surface area contributed by atoms with Crippen LogP contribution in [0.4, 0.5) is 26.7 Å². The molecule has 2 atom stereocenters. The molecule has 0 aromatic heterocycles. The molecular formula is C19H18F5N2O3-. The van der Waals surface area contributed by atoms with E-state index < -0.39 is 41.6 Å². The fourth-order valence-electron chi connectivity index (χ4n) is 2.78. The minimum atomic E-state index is -4.49. The molecule has 0 radical (unpaired) electrons. The first-order valence-electron chi connectivity index (χ1n) is 8.52. The highest BCUT2D eigenvalue weighted by Crippen LogP contribution is 2.29. The lowest BCUT2D eigenvalue weighted by molar-refractivity contribution is -0.252. The summed E-state index contributed by atoms with van der Waals surface area (Å²) in [6.07, 6.45) is -7.75. The molecule has 10 heteroatoms. The molecule has 2 rings (SSSR count). The summed E-state index contributed by atoms with van der Waals surface area (Å²) in [6, 6.07) is 6.07. The van der Waals surface area contributed by atoms with E-state index in [-0.39, 0.29) is 25.1 Å². The normalized spacial score (nSPS) is 13.7. The summed E-state index contributed by atoms with van der Waals surface area (Å²) in [7, 11) is 0. The summed E-state index contributed by atoms with van der Waals surface area (Å²) in [5.41, 5.74) is -0.399. The molecule has 0 heterocycles. The highest BCUT2D eigenvalue weighted by atomic mass is 19.4. The number of carboxylic acid groups (broad SMARTS) is 1. The predicted molar refractivity (Wildman–Crippen MR) is 91.5 cm³/mol. The number of hydrogen-bond acceptors (Lipinski definition) is 4. The van der Waals surface area contributed by atoms with Crippen molar-refractivity contribution in [2.75, 3.05) is 6.54 Å². The Hall–Kier alpha value is -2.72. The number of amides is 1. The maximum absolute atomic E-state index is 13.3. The first-order chi connectivity index (χ1) is 13.5. The average Bonchev–Trinajstić information content (AvgIpc) is 2.59. The van der Waals surface area contributed by atoms with Crippen LogP contribution in [0.1, 0.15) is 16.7 Å². The first-order valence-corrected chi connectivity index (χ1v) is 8.52. The summed E-state index contributed by atoms with van der Waals surface area (Å²) in [4.78, 5) is 10.9. The number of aliphatic hydroxyl groups is 1. The predicted octanol–water partition coefficient (Wildman–Crippen LogP) is 1.98. The van der Waals surface area contributed by atoms with Crippen LogP contribution >= 0.6 is 0 Å². The summed E-state index contributed by atoms with van der Waals surface area (Å²) in [5, 5.41) is 25.8. The van der Waals surface area contributed by atoms with Gasteiger partial charge in [-0.05, 0) is 35.7 Å². The molecule has 158 valence electrons. The fraction of sp³-hybridized carbons (Fsp3) is 0.316. The number of aliphatic hydroxyl groups excluding tert-OH is 1. The van der Waals surface area contributed by atoms with E-state index in [1.165, 1.54) is 12.1 Å². The largest absolute Gasteiger partial charge is 0.530 e. The minimum Gasteiger partial charge on any atom is -0.530 e. The maximum Gasteiger partial charge on any atom is 0.416 e. The molecule has 0 spiro atoms. The zero-order chi connectivity index (χ0) is 21.6. The Morgan fingerprint density at radius 3 is 2.31 bits per heavy atom. The van der Waals surface area contributed by atoms with Crippen LogP contribution < -0.4 is 15.7 Å². The van der Waals surface area contributed by atoms with Gasteiger partial charge in [-0.2, -0.15) is 13.2 Å². The van der Waals surface area contributed by atoms with Crippen molar-refractivity contribution in [3.05, 3.63) is 70.8 Å². The number of hydrogen-bond donors (Lipinski definition) is 3. The molecule has 0 aliphatic rings. The minimum absolute atomic E-state index is 0.0202. The Balaban J connectivity index is 1.99. The second kappa shape index (κ2) is 9.66. The van der Waals surface area contributed by atoms with Crippen molar-refractivity contribution in [2.24, 2.45) is 0 Å². The van der Waals surface area contributed by atoms with Gasteiger partial charge in [0.1, 0.15) is 17.7 Å². The van der Waals surface area contributed by atoms with Gasteiger partial charge in [0.2, 0.25) is 0 Å². The monoisotopic (exact) mass is 417 g/mol. The second-order valence-electron chi connectivity index (χ2n) is 6.42. The van der Waals surface area contributed by atoms with Crippen LogP contribution in [-0.2, 0) is 19.1 Å². The Kier molecular flexibility index (Phi) is 7.52. The van der Waals surface area contributed by atoms with E-state index in [0.717, 1.165) is 24.3 Å². The van der Waals surface area contributed by atoms with Crippen molar-refractivity contribution in [3.8, 4) is 0 Å². The molecule has 29 heavy (non-hydrogen) atoms. The van der Waals surface area contributed by atoms with E-state index >= 15 is 0 Å². The van der Waals surface area contributed by atoms with Crippen molar-refractivity contribution >= 4 is 6.09 Å². The topological polar surface area (TPSA) is 84.4 Å². The molecule has 0 unspecified atom stereocenters. The van der Waals surface area contributed by atoms with E-state index in [1.807, 2.05) is 5.32 Å². The lowest BCUT2D eigenvalue weighted by atomic mass is 10.0. The van der Waals surface area contributed by atoms with Crippen molar-refractivity contribution in [3.63, 3.8) is 0 Å². The first kappa shape index (κ1) is 22.6. The number of carbonyl (C=O) groups excluding carboxylic acids is 1. The van der Waals surface area contributed by atoms with Gasteiger partial charge >= 0.3 is 6.18 Å². The fourth-order valence-corrected chi connectivity index (χ4v) is 2.78. The zero-order valence-corrected chi connectivity index (χ0v) is 15.0. The Labute approximate surface area is 163 Å². The molecule has 2 aromatic rings. The van der Waals surface area contributed by atoms with E-state index in [4.69, 9.17) is 0 Å². The van der Waals surface area contributed by atoms with E-state index in [1.54, 1.807) is 0 Å². The van der Waals surface area contributed by atoms with Crippen LogP contribution in [0.3, 0.4) is 0 Å². The van der Waals surface area contributed by atoms with Crippen LogP contribution in [0.25, 0.3) is 0 Å². The van der Waals surface area contributed by atoms with E-state index in [0.29, 0.717) is 11.6 Å². The van der Waals surface area contributed by atoms with Gasteiger partial charge in [-0.15, -0.1) is 0 Å². The molecule has 0 saturated carbocycles. The highest BCUT2D eigenvalue weighted by Gasteiger charge is 2.30. The number of benzene rings is 2. The van der Waals surface area contributed by atoms with Gasteiger partial charge in [-0.3, -0.25) is 0 Å². The van der Waals surface area contributed by atoms with Crippen LogP contribution in [0.5, 0.6) is 0 Å². The molecule has 0 aliphatic heterocycles. The summed E-state index contributed by atoms with van der Waals surface area (Å²) in [6.45, 7) is -0.216. The van der Waals surface area contributed by atoms with E-state index in [2.05, 4.69) is 5.32 Å². The summed E-state index contributed by atoms with van der Waals surface area (Å²) in [5.74, 6) is -1.71. The van der Waals surface area contributed by atoms with Gasteiger partial charge in [0.15, 0.2) is 0 Å². The molecule has 2 aromatic carbocycles. The average molecular weight is 417 g/mol. The lowest BCUT2D eigenvalue weighted by Gasteiger charge is -2.26. The molecule has 3 N–H and O–H groups in total. The van der Waals surface area contributed by atoms with Crippen molar-refractivity contribution in [1.29, 1.82) is 0 Å². The molecule has 0 fully saturated rings. The molecule has 1 amide bonds. The van der Waals surface area contributed by atoms with E-state index in [9.17, 15) is 37.0 Å². The van der Waals surface area contributed by atoms with Crippen molar-refractivity contribution in [2.45, 2.75) is 31.3 Å². The zero-order valence-electron chi connectivity index (χ0n) is 15.0. The third-order valence-electron chi connectivity index (χ3n) is 4.08. The van der Waals surface area contributed by atoms with Gasteiger partial charge in [-0.1, -0.05) is 18.2 Å². The standard InChI is InChI=1S/C19H19F5N2O3/c20-14-5-12(6-15(21)8-14)7-16(26-18(28)29)17(27)10-25-9-11-2-1-3-13(4-11)19(22,23)24/h1-6,8,16-17,25-27H,7,9-10H2,(H,28,29)/p-1/t16-,17+/m0/s1. The third-order valence-corrected chi connectivity index (χ3v) is 4.08. The number of alkyl halides is 3. The Morgan fingerprint density at radius 1 is 1.07 bits per heavy atom. The molecule has 0 bridgehead atoms. The Morgan fingerprint density at radius 2 is 1.72 bits per heavy atom. The molecular weight excluding hydrogens is 399 g/mol. The van der Waals surface area contributed by atoms with Gasteiger partial charge in [0, 0.05) is 19.2 Å². The third kappa shape index (κ3) is 7.31. The van der Waals surface area contributed by atoms with Crippen LogP contribution in [-0.4, -0.2) is 29.9 Å².